The summed E-state index contributed by atoms with van der Waals surface area (Å²) in [6.07, 6.45) is 0.667. The van der Waals surface area contributed by atoms with E-state index in [0.29, 0.717) is 28.1 Å². The number of hydrogen-bond donors (Lipinski definition) is 1. The third-order valence-corrected chi connectivity index (χ3v) is 4.54. The second-order valence-corrected chi connectivity index (χ2v) is 5.76. The molecule has 0 unspecified atom stereocenters. The Morgan fingerprint density at radius 3 is 2.50 bits per heavy atom. The molecular formula is C17H17IO4. The fourth-order valence-corrected chi connectivity index (χ4v) is 3.19. The molecular weight excluding hydrogens is 395 g/mol. The maximum Gasteiger partial charge on any atom is 0.336 e. The molecule has 0 heterocycles. The Labute approximate surface area is 143 Å². The first kappa shape index (κ1) is 16.6. The molecule has 0 aliphatic rings. The number of carbonyl (C=O) groups is 1. The van der Waals surface area contributed by atoms with Crippen LogP contribution in [0.2, 0.25) is 0 Å². The van der Waals surface area contributed by atoms with Gasteiger partial charge in [-0.05, 0) is 40.6 Å². The largest absolute Gasteiger partial charge is 0.493 e. The molecule has 0 radical (unpaired) electrons. The van der Waals surface area contributed by atoms with Gasteiger partial charge in [-0.3, -0.25) is 0 Å². The summed E-state index contributed by atoms with van der Waals surface area (Å²) in [6.45, 7) is 2.38. The van der Waals surface area contributed by atoms with Crippen LogP contribution in [0.4, 0.5) is 0 Å². The van der Waals surface area contributed by atoms with Crippen molar-refractivity contribution in [3.63, 3.8) is 0 Å². The van der Waals surface area contributed by atoms with Gasteiger partial charge in [0.25, 0.3) is 0 Å². The van der Waals surface area contributed by atoms with Gasteiger partial charge in [0.1, 0.15) is 6.61 Å². The molecule has 0 fully saturated rings. The maximum atomic E-state index is 11.3. The van der Waals surface area contributed by atoms with Crippen molar-refractivity contribution in [3.05, 3.63) is 56.7 Å². The van der Waals surface area contributed by atoms with Crippen molar-refractivity contribution in [1.29, 1.82) is 0 Å². The molecule has 0 atom stereocenters. The van der Waals surface area contributed by atoms with Crippen molar-refractivity contribution in [2.75, 3.05) is 7.11 Å². The van der Waals surface area contributed by atoms with E-state index in [1.54, 1.807) is 0 Å². The second kappa shape index (κ2) is 7.49. The van der Waals surface area contributed by atoms with Crippen LogP contribution in [0.3, 0.4) is 0 Å². The average Bonchev–Trinajstić information content (AvgIpc) is 2.53. The quantitative estimate of drug-likeness (QED) is 0.725. The van der Waals surface area contributed by atoms with Gasteiger partial charge >= 0.3 is 5.97 Å². The zero-order valence-electron chi connectivity index (χ0n) is 12.4. The lowest BCUT2D eigenvalue weighted by atomic mass is 10.1. The summed E-state index contributed by atoms with van der Waals surface area (Å²) in [5.41, 5.74) is 2.14. The van der Waals surface area contributed by atoms with Crippen molar-refractivity contribution in [1.82, 2.24) is 0 Å². The summed E-state index contributed by atoms with van der Waals surface area (Å²) in [7, 11) is 1.52. The Balaban J connectivity index is 2.41. The maximum absolute atomic E-state index is 11.3. The summed E-state index contributed by atoms with van der Waals surface area (Å²) < 4.78 is 12.0. The molecule has 0 aliphatic heterocycles. The average molecular weight is 412 g/mol. The van der Waals surface area contributed by atoms with Crippen LogP contribution in [0.5, 0.6) is 11.5 Å². The van der Waals surface area contributed by atoms with Crippen LogP contribution in [-0.2, 0) is 13.0 Å². The molecule has 0 spiro atoms. The fourth-order valence-electron chi connectivity index (χ4n) is 2.18. The molecule has 22 heavy (non-hydrogen) atoms. The number of methoxy groups -OCH3 is 1. The number of carboxylic acid groups (broad SMARTS) is 1. The van der Waals surface area contributed by atoms with Crippen LogP contribution in [0.15, 0.2) is 36.4 Å². The third kappa shape index (κ3) is 3.52. The lowest BCUT2D eigenvalue weighted by molar-refractivity contribution is 0.0695. The number of aromatic carboxylic acids is 1. The molecule has 4 nitrogen and oxygen atoms in total. The fraction of sp³-hybridized carbons (Fsp3) is 0.235. The lowest BCUT2D eigenvalue weighted by Gasteiger charge is -2.17. The smallest absolute Gasteiger partial charge is 0.336 e. The summed E-state index contributed by atoms with van der Waals surface area (Å²) in [5.74, 6) is 0.0980. The van der Waals surface area contributed by atoms with Gasteiger partial charge in [0.05, 0.1) is 12.7 Å². The van der Waals surface area contributed by atoms with Crippen molar-refractivity contribution in [2.24, 2.45) is 0 Å². The summed E-state index contributed by atoms with van der Waals surface area (Å²) in [5, 5.41) is 9.30. The first-order valence-corrected chi connectivity index (χ1v) is 7.95. The Hall–Kier alpha value is -1.76. The van der Waals surface area contributed by atoms with Gasteiger partial charge in [0.15, 0.2) is 11.5 Å². The minimum Gasteiger partial charge on any atom is -0.493 e. The van der Waals surface area contributed by atoms with Crippen LogP contribution in [0, 0.1) is 3.57 Å². The molecule has 1 N–H and O–H groups in total. The van der Waals surface area contributed by atoms with Crippen molar-refractivity contribution < 1.29 is 19.4 Å². The minimum atomic E-state index is -0.966. The second-order valence-electron chi connectivity index (χ2n) is 4.68. The highest BCUT2D eigenvalue weighted by Gasteiger charge is 2.21. The van der Waals surface area contributed by atoms with E-state index in [0.717, 1.165) is 11.1 Å². The predicted molar refractivity (Wildman–Crippen MR) is 92.8 cm³/mol. The molecule has 0 aliphatic carbocycles. The first-order valence-electron chi connectivity index (χ1n) is 6.87. The van der Waals surface area contributed by atoms with E-state index in [4.69, 9.17) is 9.47 Å². The Bertz CT molecular complexity index is 668. The third-order valence-electron chi connectivity index (χ3n) is 3.30. The number of carboxylic acids is 1. The van der Waals surface area contributed by atoms with E-state index < -0.39 is 5.97 Å². The number of ether oxygens (including phenoxy) is 2. The summed E-state index contributed by atoms with van der Waals surface area (Å²) in [4.78, 5) is 11.3. The number of benzene rings is 2. The van der Waals surface area contributed by atoms with E-state index in [-0.39, 0.29) is 5.56 Å². The zero-order valence-corrected chi connectivity index (χ0v) is 14.6. The molecule has 0 aromatic heterocycles. The molecule has 0 saturated carbocycles. The van der Waals surface area contributed by atoms with Crippen LogP contribution < -0.4 is 9.47 Å². The summed E-state index contributed by atoms with van der Waals surface area (Å²) in [6, 6.07) is 11.3. The van der Waals surface area contributed by atoms with Crippen LogP contribution in [0.25, 0.3) is 0 Å². The van der Waals surface area contributed by atoms with E-state index in [2.05, 4.69) is 22.6 Å². The standard InChI is InChI=1S/C17H17IO4/c1-3-12-15(18)13(17(19)20)9-14(21-2)16(12)22-10-11-7-5-4-6-8-11/h4-9H,3,10H2,1-2H3,(H,19,20). The number of halogens is 1. The Morgan fingerprint density at radius 1 is 1.27 bits per heavy atom. The number of rotatable bonds is 6. The highest BCUT2D eigenvalue weighted by atomic mass is 127. The zero-order chi connectivity index (χ0) is 16.1. The Morgan fingerprint density at radius 2 is 1.95 bits per heavy atom. The highest BCUT2D eigenvalue weighted by molar-refractivity contribution is 14.1. The highest BCUT2D eigenvalue weighted by Crippen LogP contribution is 2.37. The topological polar surface area (TPSA) is 55.8 Å². The monoisotopic (exact) mass is 412 g/mol. The van der Waals surface area contributed by atoms with Crippen LogP contribution in [0.1, 0.15) is 28.4 Å². The van der Waals surface area contributed by atoms with Crippen molar-refractivity contribution in [3.8, 4) is 11.5 Å². The SMILES string of the molecule is CCc1c(I)c(C(=O)O)cc(OC)c1OCc1ccccc1. The first-order chi connectivity index (χ1) is 10.6. The molecule has 0 amide bonds. The summed E-state index contributed by atoms with van der Waals surface area (Å²) >= 11 is 2.05. The van der Waals surface area contributed by atoms with Gasteiger partial charge in [-0.2, -0.15) is 0 Å². The molecule has 5 heteroatoms. The molecule has 2 aromatic carbocycles. The van der Waals surface area contributed by atoms with Crippen LogP contribution in [-0.4, -0.2) is 18.2 Å². The lowest BCUT2D eigenvalue weighted by Crippen LogP contribution is -2.08. The van der Waals surface area contributed by atoms with E-state index in [9.17, 15) is 9.90 Å². The molecule has 2 rings (SSSR count). The molecule has 0 saturated heterocycles. The van der Waals surface area contributed by atoms with Gasteiger partial charge in [-0.25, -0.2) is 4.79 Å². The predicted octanol–water partition coefficient (Wildman–Crippen LogP) is 4.14. The van der Waals surface area contributed by atoms with Gasteiger partial charge in [0.2, 0.25) is 0 Å². The van der Waals surface area contributed by atoms with Gasteiger partial charge in [0, 0.05) is 9.13 Å². The van der Waals surface area contributed by atoms with Crippen molar-refractivity contribution >= 4 is 28.6 Å². The normalized spacial score (nSPS) is 10.3. The van der Waals surface area contributed by atoms with Crippen LogP contribution >= 0.6 is 22.6 Å². The van der Waals surface area contributed by atoms with Crippen molar-refractivity contribution in [2.45, 2.75) is 20.0 Å². The molecule has 2 aromatic rings. The van der Waals surface area contributed by atoms with Gasteiger partial charge in [-0.15, -0.1) is 0 Å². The van der Waals surface area contributed by atoms with E-state index >= 15 is 0 Å². The minimum absolute atomic E-state index is 0.237. The van der Waals surface area contributed by atoms with E-state index in [1.807, 2.05) is 37.3 Å². The Kier molecular flexibility index (Phi) is 5.65. The van der Waals surface area contributed by atoms with Gasteiger partial charge in [-0.1, -0.05) is 37.3 Å². The molecule has 116 valence electrons. The van der Waals surface area contributed by atoms with Gasteiger partial charge < -0.3 is 14.6 Å². The number of hydrogen-bond acceptors (Lipinski definition) is 3. The molecule has 0 bridgehead atoms. The van der Waals surface area contributed by atoms with E-state index in [1.165, 1.54) is 13.2 Å².